The lowest BCUT2D eigenvalue weighted by atomic mass is 10.3. The van der Waals surface area contributed by atoms with Gasteiger partial charge in [-0.05, 0) is 24.6 Å². The predicted molar refractivity (Wildman–Crippen MR) is 89.8 cm³/mol. The number of carbonyl (C=O) groups is 1. The quantitative estimate of drug-likeness (QED) is 0.674. The van der Waals surface area contributed by atoms with E-state index >= 15 is 0 Å². The fourth-order valence-corrected chi connectivity index (χ4v) is 2.74. The number of nitrogens with zero attached hydrogens (tertiary/aromatic N) is 3. The van der Waals surface area contributed by atoms with Crippen LogP contribution in [0.5, 0.6) is 5.75 Å². The number of benzene rings is 1. The van der Waals surface area contributed by atoms with Gasteiger partial charge < -0.3 is 10.1 Å². The highest BCUT2D eigenvalue weighted by molar-refractivity contribution is 7.11. The molecule has 2 heterocycles. The lowest BCUT2D eigenvalue weighted by molar-refractivity contribution is 0.0946. The Labute approximate surface area is 147 Å². The molecule has 0 spiro atoms. The van der Waals surface area contributed by atoms with E-state index in [0.29, 0.717) is 18.0 Å². The van der Waals surface area contributed by atoms with Crippen molar-refractivity contribution in [2.75, 3.05) is 0 Å². The summed E-state index contributed by atoms with van der Waals surface area (Å²) in [7, 11) is 0. The second-order valence-electron chi connectivity index (χ2n) is 5.15. The molecule has 0 radical (unpaired) electrons. The third kappa shape index (κ3) is 4.60. The zero-order chi connectivity index (χ0) is 17.6. The van der Waals surface area contributed by atoms with E-state index in [-0.39, 0.29) is 24.0 Å². The highest BCUT2D eigenvalue weighted by Gasteiger charge is 2.12. The molecule has 0 aliphatic heterocycles. The maximum Gasteiger partial charge on any atom is 0.272 e. The third-order valence-corrected chi connectivity index (χ3v) is 4.33. The number of aromatic amines is 1. The summed E-state index contributed by atoms with van der Waals surface area (Å²) in [6.45, 7) is 2.46. The van der Waals surface area contributed by atoms with Crippen molar-refractivity contribution >= 4 is 17.2 Å². The van der Waals surface area contributed by atoms with Crippen LogP contribution in [0.3, 0.4) is 0 Å². The van der Waals surface area contributed by atoms with Crippen molar-refractivity contribution in [3.05, 3.63) is 57.6 Å². The number of H-pyrrole nitrogens is 1. The summed E-state index contributed by atoms with van der Waals surface area (Å²) < 4.78 is 18.5. The first-order valence-electron chi connectivity index (χ1n) is 7.66. The number of hydrogen-bond acceptors (Lipinski definition) is 6. The van der Waals surface area contributed by atoms with Crippen molar-refractivity contribution in [3.63, 3.8) is 0 Å². The molecular weight excluding hydrogens is 345 g/mol. The average molecular weight is 361 g/mol. The highest BCUT2D eigenvalue weighted by Crippen LogP contribution is 2.14. The summed E-state index contributed by atoms with van der Waals surface area (Å²) in [4.78, 5) is 12.1. The Morgan fingerprint density at radius 1 is 1.32 bits per heavy atom. The minimum Gasteiger partial charge on any atom is -0.487 e. The lowest BCUT2D eigenvalue weighted by Crippen LogP contribution is -2.23. The number of hydrogen-bond donors (Lipinski definition) is 2. The molecule has 1 amide bonds. The number of aryl methyl sites for hydroxylation is 1. The van der Waals surface area contributed by atoms with Crippen molar-refractivity contribution in [2.24, 2.45) is 0 Å². The Balaban J connectivity index is 1.52. The molecule has 3 rings (SSSR count). The van der Waals surface area contributed by atoms with Gasteiger partial charge >= 0.3 is 0 Å². The molecule has 2 aromatic heterocycles. The van der Waals surface area contributed by atoms with Crippen molar-refractivity contribution < 1.29 is 13.9 Å². The molecule has 9 heteroatoms. The third-order valence-electron chi connectivity index (χ3n) is 3.27. The molecule has 0 fully saturated rings. The fourth-order valence-electron chi connectivity index (χ4n) is 2.02. The van der Waals surface area contributed by atoms with E-state index in [4.69, 9.17) is 4.74 Å². The number of ether oxygens (including phenoxy) is 1. The SMILES string of the molecule is CCc1nnc(CNC(=O)c2cc(COc3cccc(F)c3)[nH]n2)s1. The first-order chi connectivity index (χ1) is 12.1. The number of halogens is 1. The summed E-state index contributed by atoms with van der Waals surface area (Å²) in [6.07, 6.45) is 0.819. The Kier molecular flexibility index (Phi) is 5.34. The van der Waals surface area contributed by atoms with Gasteiger partial charge in [0, 0.05) is 6.07 Å². The fraction of sp³-hybridized carbons (Fsp3) is 0.250. The van der Waals surface area contributed by atoms with E-state index in [9.17, 15) is 9.18 Å². The van der Waals surface area contributed by atoms with Gasteiger partial charge in [-0.25, -0.2) is 4.39 Å². The van der Waals surface area contributed by atoms with Crippen LogP contribution in [0.1, 0.15) is 33.1 Å². The molecule has 7 nitrogen and oxygen atoms in total. The Bertz CT molecular complexity index is 864. The van der Waals surface area contributed by atoms with Gasteiger partial charge in [0.25, 0.3) is 5.91 Å². The van der Waals surface area contributed by atoms with Crippen LogP contribution in [0.2, 0.25) is 0 Å². The normalized spacial score (nSPS) is 10.6. The van der Waals surface area contributed by atoms with Gasteiger partial charge in [0.1, 0.15) is 33.9 Å². The molecular formula is C16H16FN5O2S. The standard InChI is InChI=1S/C16H16FN5O2S/c1-2-14-21-22-15(25-14)8-18-16(23)13-7-11(19-20-13)9-24-12-5-3-4-10(17)6-12/h3-7H,2,8-9H2,1H3,(H,18,23)(H,19,20). The molecule has 0 aliphatic rings. The number of amides is 1. The number of rotatable bonds is 7. The molecule has 25 heavy (non-hydrogen) atoms. The van der Waals surface area contributed by atoms with Crippen LogP contribution in [0.25, 0.3) is 0 Å². The van der Waals surface area contributed by atoms with Crippen LogP contribution in [-0.4, -0.2) is 26.3 Å². The van der Waals surface area contributed by atoms with E-state index in [1.807, 2.05) is 6.92 Å². The molecule has 0 atom stereocenters. The number of nitrogens with one attached hydrogen (secondary N) is 2. The highest BCUT2D eigenvalue weighted by atomic mass is 32.1. The van der Waals surface area contributed by atoms with Gasteiger partial charge in [-0.1, -0.05) is 24.3 Å². The molecule has 3 aromatic rings. The molecule has 1 aromatic carbocycles. The van der Waals surface area contributed by atoms with Gasteiger partial charge in [0.2, 0.25) is 0 Å². The van der Waals surface area contributed by atoms with Gasteiger partial charge in [0.05, 0.1) is 12.2 Å². The Morgan fingerprint density at radius 3 is 2.92 bits per heavy atom. The zero-order valence-electron chi connectivity index (χ0n) is 13.5. The molecule has 0 saturated carbocycles. The molecule has 0 aliphatic carbocycles. The zero-order valence-corrected chi connectivity index (χ0v) is 14.3. The summed E-state index contributed by atoms with van der Waals surface area (Å²) >= 11 is 1.47. The molecule has 2 N–H and O–H groups in total. The van der Waals surface area contributed by atoms with Crippen molar-refractivity contribution in [1.82, 2.24) is 25.7 Å². The first-order valence-corrected chi connectivity index (χ1v) is 8.48. The van der Waals surface area contributed by atoms with E-state index in [1.54, 1.807) is 18.2 Å². The Morgan fingerprint density at radius 2 is 2.16 bits per heavy atom. The lowest BCUT2D eigenvalue weighted by Gasteiger charge is -2.03. The van der Waals surface area contributed by atoms with Crippen molar-refractivity contribution in [3.8, 4) is 5.75 Å². The van der Waals surface area contributed by atoms with Crippen molar-refractivity contribution in [2.45, 2.75) is 26.5 Å². The summed E-state index contributed by atoms with van der Waals surface area (Å²) in [6, 6.07) is 7.43. The van der Waals surface area contributed by atoms with E-state index in [0.717, 1.165) is 16.4 Å². The summed E-state index contributed by atoms with van der Waals surface area (Å²) in [5.41, 5.74) is 0.858. The van der Waals surface area contributed by atoms with Crippen LogP contribution >= 0.6 is 11.3 Å². The largest absolute Gasteiger partial charge is 0.487 e. The van der Waals surface area contributed by atoms with Gasteiger partial charge in [-0.15, -0.1) is 10.2 Å². The number of carbonyl (C=O) groups excluding carboxylic acids is 1. The molecule has 0 unspecified atom stereocenters. The van der Waals surface area contributed by atoms with E-state index in [2.05, 4.69) is 25.7 Å². The van der Waals surface area contributed by atoms with Gasteiger partial charge in [-0.3, -0.25) is 9.89 Å². The van der Waals surface area contributed by atoms with E-state index < -0.39 is 0 Å². The molecule has 0 bridgehead atoms. The molecule has 130 valence electrons. The summed E-state index contributed by atoms with van der Waals surface area (Å²) in [5.74, 6) is -0.282. The topological polar surface area (TPSA) is 92.8 Å². The maximum atomic E-state index is 13.1. The average Bonchev–Trinajstić information content (AvgIpc) is 3.27. The van der Waals surface area contributed by atoms with Crippen LogP contribution in [-0.2, 0) is 19.6 Å². The van der Waals surface area contributed by atoms with Gasteiger partial charge in [0.15, 0.2) is 0 Å². The first kappa shape index (κ1) is 17.0. The second-order valence-corrected chi connectivity index (χ2v) is 6.30. The van der Waals surface area contributed by atoms with E-state index in [1.165, 1.54) is 23.5 Å². The second kappa shape index (κ2) is 7.84. The molecule has 0 saturated heterocycles. The van der Waals surface area contributed by atoms with Crippen LogP contribution < -0.4 is 10.1 Å². The predicted octanol–water partition coefficient (Wildman–Crippen LogP) is 2.47. The smallest absolute Gasteiger partial charge is 0.272 e. The van der Waals surface area contributed by atoms with Crippen molar-refractivity contribution in [1.29, 1.82) is 0 Å². The number of aromatic nitrogens is 4. The van der Waals surface area contributed by atoms with Crippen LogP contribution in [0.4, 0.5) is 4.39 Å². The maximum absolute atomic E-state index is 13.1. The minimum atomic E-state index is -0.370. The van der Waals surface area contributed by atoms with Gasteiger partial charge in [-0.2, -0.15) is 5.10 Å². The van der Waals surface area contributed by atoms with Crippen LogP contribution in [0, 0.1) is 5.82 Å². The van der Waals surface area contributed by atoms with Crippen LogP contribution in [0.15, 0.2) is 30.3 Å². The summed E-state index contributed by atoms with van der Waals surface area (Å²) in [5, 5.41) is 19.1. The minimum absolute atomic E-state index is 0.153. The Hall–Kier alpha value is -2.81. The monoisotopic (exact) mass is 361 g/mol.